The maximum atomic E-state index is 12.1. The van der Waals surface area contributed by atoms with Gasteiger partial charge in [0.05, 0.1) is 24.2 Å². The number of amides is 2. The summed E-state index contributed by atoms with van der Waals surface area (Å²) in [5.74, 6) is -0.438. The summed E-state index contributed by atoms with van der Waals surface area (Å²) in [6.07, 6.45) is 1.98. The highest BCUT2D eigenvalue weighted by molar-refractivity contribution is 7.12. The number of carbonyl (C=O) groups excluding carboxylic acids is 2. The summed E-state index contributed by atoms with van der Waals surface area (Å²) in [5, 5.41) is 6.39. The minimum atomic E-state index is -0.274. The van der Waals surface area contributed by atoms with Gasteiger partial charge < -0.3 is 10.6 Å². The molecule has 2 amide bonds. The number of para-hydroxylation sites is 1. The third kappa shape index (κ3) is 3.97. The molecule has 2 N–H and O–H groups in total. The first-order valence-electron chi connectivity index (χ1n) is 7.57. The van der Waals surface area contributed by atoms with Crippen molar-refractivity contribution in [3.05, 3.63) is 58.4 Å². The molecule has 6 heteroatoms. The molecule has 24 heavy (non-hydrogen) atoms. The van der Waals surface area contributed by atoms with Gasteiger partial charge >= 0.3 is 0 Å². The molecule has 0 atom stereocenters. The van der Waals surface area contributed by atoms with Gasteiger partial charge in [0.15, 0.2) is 0 Å². The van der Waals surface area contributed by atoms with E-state index in [9.17, 15) is 9.59 Å². The molecule has 0 radical (unpaired) electrons. The van der Waals surface area contributed by atoms with Crippen LogP contribution in [0.4, 0.5) is 5.69 Å². The van der Waals surface area contributed by atoms with Crippen molar-refractivity contribution in [2.45, 2.75) is 13.3 Å². The summed E-state index contributed by atoms with van der Waals surface area (Å²) in [7, 11) is 0. The van der Waals surface area contributed by atoms with E-state index in [0.29, 0.717) is 12.1 Å². The van der Waals surface area contributed by atoms with Gasteiger partial charge in [0.2, 0.25) is 11.8 Å². The summed E-state index contributed by atoms with van der Waals surface area (Å²) < 4.78 is 0. The standard InChI is InChI=1S/C18H17N3O2S/c1-12-7-8-14(24-12)10-16(22)20-11-17(23)21-15-6-2-4-13-5-3-9-19-18(13)15/h2-9H,10-11H2,1H3,(H,20,22)(H,21,23). The van der Waals surface area contributed by atoms with Crippen molar-refractivity contribution in [1.82, 2.24) is 10.3 Å². The number of nitrogens with zero attached hydrogens (tertiary/aromatic N) is 1. The lowest BCUT2D eigenvalue weighted by molar-refractivity contribution is -0.123. The fourth-order valence-electron chi connectivity index (χ4n) is 2.38. The van der Waals surface area contributed by atoms with Crippen LogP contribution in [-0.2, 0) is 16.0 Å². The molecule has 0 saturated heterocycles. The Morgan fingerprint density at radius 2 is 1.92 bits per heavy atom. The Balaban J connectivity index is 1.56. The second-order valence-corrected chi connectivity index (χ2v) is 6.77. The number of aryl methyl sites for hydroxylation is 1. The highest BCUT2D eigenvalue weighted by Crippen LogP contribution is 2.20. The van der Waals surface area contributed by atoms with Crippen LogP contribution in [-0.4, -0.2) is 23.3 Å². The average molecular weight is 339 g/mol. The Morgan fingerprint density at radius 3 is 2.71 bits per heavy atom. The van der Waals surface area contributed by atoms with Crippen molar-refractivity contribution in [3.8, 4) is 0 Å². The van der Waals surface area contributed by atoms with Crippen LogP contribution >= 0.6 is 11.3 Å². The lowest BCUT2D eigenvalue weighted by Crippen LogP contribution is -2.33. The third-order valence-electron chi connectivity index (χ3n) is 3.48. The Bertz CT molecular complexity index is 883. The molecule has 0 bridgehead atoms. The van der Waals surface area contributed by atoms with Gasteiger partial charge in [-0.05, 0) is 31.2 Å². The molecule has 0 aliphatic carbocycles. The monoisotopic (exact) mass is 339 g/mol. The van der Waals surface area contributed by atoms with Crippen LogP contribution in [0.5, 0.6) is 0 Å². The van der Waals surface area contributed by atoms with E-state index in [4.69, 9.17) is 0 Å². The first kappa shape index (κ1) is 16.1. The first-order valence-corrected chi connectivity index (χ1v) is 8.39. The zero-order chi connectivity index (χ0) is 16.9. The molecular weight excluding hydrogens is 322 g/mol. The molecule has 0 saturated carbocycles. The zero-order valence-electron chi connectivity index (χ0n) is 13.2. The molecule has 1 aromatic carbocycles. The number of thiophene rings is 1. The maximum Gasteiger partial charge on any atom is 0.243 e. The first-order chi connectivity index (χ1) is 11.6. The third-order valence-corrected chi connectivity index (χ3v) is 4.48. The number of benzene rings is 1. The van der Waals surface area contributed by atoms with Crippen LogP contribution in [0.3, 0.4) is 0 Å². The number of rotatable bonds is 5. The Morgan fingerprint density at radius 1 is 1.08 bits per heavy atom. The number of fused-ring (bicyclic) bond motifs is 1. The van der Waals surface area contributed by atoms with E-state index in [1.165, 1.54) is 4.88 Å². The molecule has 3 rings (SSSR count). The molecule has 5 nitrogen and oxygen atoms in total. The molecule has 0 aliphatic rings. The Kier molecular flexibility index (Phi) is 4.86. The van der Waals surface area contributed by atoms with Crippen LogP contribution in [0.25, 0.3) is 10.9 Å². The van der Waals surface area contributed by atoms with Gasteiger partial charge in [-0.15, -0.1) is 11.3 Å². The van der Waals surface area contributed by atoms with E-state index in [0.717, 1.165) is 15.8 Å². The van der Waals surface area contributed by atoms with Crippen molar-refractivity contribution >= 4 is 39.7 Å². The molecule has 3 aromatic rings. The lowest BCUT2D eigenvalue weighted by Gasteiger charge is -2.08. The number of anilines is 1. The van der Waals surface area contributed by atoms with E-state index in [2.05, 4.69) is 15.6 Å². The topological polar surface area (TPSA) is 71.1 Å². The highest BCUT2D eigenvalue weighted by atomic mass is 32.1. The van der Waals surface area contributed by atoms with Crippen LogP contribution in [0, 0.1) is 6.92 Å². The van der Waals surface area contributed by atoms with Crippen molar-refractivity contribution in [1.29, 1.82) is 0 Å². The number of hydrogen-bond donors (Lipinski definition) is 2. The second-order valence-electron chi connectivity index (χ2n) is 5.39. The van der Waals surface area contributed by atoms with Crippen molar-refractivity contribution < 1.29 is 9.59 Å². The average Bonchev–Trinajstić information content (AvgIpc) is 2.98. The van der Waals surface area contributed by atoms with Crippen LogP contribution < -0.4 is 10.6 Å². The zero-order valence-corrected chi connectivity index (χ0v) is 14.0. The molecule has 122 valence electrons. The molecule has 0 spiro atoms. The van der Waals surface area contributed by atoms with Crippen molar-refractivity contribution in [3.63, 3.8) is 0 Å². The predicted molar refractivity (Wildman–Crippen MR) is 96.1 cm³/mol. The van der Waals surface area contributed by atoms with E-state index in [1.807, 2.05) is 43.3 Å². The summed E-state index contributed by atoms with van der Waals surface area (Å²) >= 11 is 1.58. The SMILES string of the molecule is Cc1ccc(CC(=O)NCC(=O)Nc2cccc3cccnc23)s1. The van der Waals surface area contributed by atoms with Crippen LogP contribution in [0.1, 0.15) is 9.75 Å². The lowest BCUT2D eigenvalue weighted by atomic mass is 10.2. The number of pyridine rings is 1. The summed E-state index contributed by atoms with van der Waals surface area (Å²) in [6, 6.07) is 13.3. The predicted octanol–water partition coefficient (Wildman–Crippen LogP) is 2.90. The molecule has 0 aliphatic heterocycles. The molecule has 0 fully saturated rings. The fourth-order valence-corrected chi connectivity index (χ4v) is 3.27. The van der Waals surface area contributed by atoms with Gasteiger partial charge in [-0.2, -0.15) is 0 Å². The van der Waals surface area contributed by atoms with Gasteiger partial charge in [-0.25, -0.2) is 0 Å². The minimum absolute atomic E-state index is 0.0631. The fraction of sp³-hybridized carbons (Fsp3) is 0.167. The van der Waals surface area contributed by atoms with Gasteiger partial charge in [0, 0.05) is 21.3 Å². The van der Waals surface area contributed by atoms with Crippen molar-refractivity contribution in [2.24, 2.45) is 0 Å². The van der Waals surface area contributed by atoms with E-state index in [1.54, 1.807) is 23.6 Å². The van der Waals surface area contributed by atoms with Gasteiger partial charge in [0.1, 0.15) is 0 Å². The van der Waals surface area contributed by atoms with E-state index >= 15 is 0 Å². The molecule has 2 heterocycles. The smallest absolute Gasteiger partial charge is 0.243 e. The van der Waals surface area contributed by atoms with Crippen molar-refractivity contribution in [2.75, 3.05) is 11.9 Å². The molecule has 2 aromatic heterocycles. The van der Waals surface area contributed by atoms with Crippen LogP contribution in [0.15, 0.2) is 48.7 Å². The number of hydrogen-bond acceptors (Lipinski definition) is 4. The normalized spacial score (nSPS) is 10.5. The number of carbonyl (C=O) groups is 2. The highest BCUT2D eigenvalue weighted by Gasteiger charge is 2.09. The van der Waals surface area contributed by atoms with Gasteiger partial charge in [-0.1, -0.05) is 18.2 Å². The van der Waals surface area contributed by atoms with Gasteiger partial charge in [-0.3, -0.25) is 14.6 Å². The number of nitrogens with one attached hydrogen (secondary N) is 2. The summed E-state index contributed by atoms with van der Waals surface area (Å²) in [4.78, 5) is 30.4. The largest absolute Gasteiger partial charge is 0.347 e. The second kappa shape index (κ2) is 7.23. The van der Waals surface area contributed by atoms with Gasteiger partial charge in [0.25, 0.3) is 0 Å². The quantitative estimate of drug-likeness (QED) is 0.751. The number of aromatic nitrogens is 1. The maximum absolute atomic E-state index is 12.1. The summed E-state index contributed by atoms with van der Waals surface area (Å²) in [5.41, 5.74) is 1.37. The van der Waals surface area contributed by atoms with Crippen LogP contribution in [0.2, 0.25) is 0 Å². The van der Waals surface area contributed by atoms with E-state index in [-0.39, 0.29) is 18.4 Å². The summed E-state index contributed by atoms with van der Waals surface area (Å²) in [6.45, 7) is 1.93. The van der Waals surface area contributed by atoms with E-state index < -0.39 is 0 Å². The Hall–Kier alpha value is -2.73. The molecule has 0 unspecified atom stereocenters. The molecular formula is C18H17N3O2S. The Labute approximate surface area is 143 Å². The minimum Gasteiger partial charge on any atom is -0.347 e.